The summed E-state index contributed by atoms with van der Waals surface area (Å²) < 4.78 is 20.7. The molecule has 0 aliphatic heterocycles. The summed E-state index contributed by atoms with van der Waals surface area (Å²) in [5.74, 6) is 0.895. The lowest BCUT2D eigenvalue weighted by molar-refractivity contribution is 0.414. The predicted octanol–water partition coefficient (Wildman–Crippen LogP) is 3.10. The Balaban J connectivity index is 2.32. The Morgan fingerprint density at radius 3 is 2.89 bits per heavy atom. The van der Waals surface area contributed by atoms with Crippen molar-refractivity contribution in [2.24, 2.45) is 0 Å². The van der Waals surface area contributed by atoms with E-state index in [1.54, 1.807) is 19.2 Å². The first kappa shape index (κ1) is 12.4. The minimum Gasteiger partial charge on any atom is -0.497 e. The van der Waals surface area contributed by atoms with Gasteiger partial charge < -0.3 is 14.6 Å². The van der Waals surface area contributed by atoms with Crippen LogP contribution >= 0.6 is 0 Å². The van der Waals surface area contributed by atoms with Gasteiger partial charge in [0.15, 0.2) is 0 Å². The molecule has 0 saturated heterocycles. The third kappa shape index (κ3) is 2.45. The zero-order chi connectivity index (χ0) is 13.1. The molecule has 1 heterocycles. The average molecular weight is 249 g/mol. The highest BCUT2D eigenvalue weighted by Crippen LogP contribution is 2.24. The van der Waals surface area contributed by atoms with Gasteiger partial charge in [-0.25, -0.2) is 9.37 Å². The third-order valence-electron chi connectivity index (χ3n) is 2.66. The van der Waals surface area contributed by atoms with Crippen molar-refractivity contribution in [1.29, 1.82) is 0 Å². The molecule has 4 nitrogen and oxygen atoms in total. The van der Waals surface area contributed by atoms with E-state index in [4.69, 9.17) is 4.74 Å². The maximum atomic E-state index is 13.7. The van der Waals surface area contributed by atoms with E-state index >= 15 is 0 Å². The van der Waals surface area contributed by atoms with Crippen LogP contribution in [-0.2, 0) is 6.54 Å². The highest BCUT2D eigenvalue weighted by atomic mass is 19.1. The topological polar surface area (TPSA) is 39.1 Å². The molecule has 0 aliphatic carbocycles. The fraction of sp³-hybridized carbons (Fsp3) is 0.308. The van der Waals surface area contributed by atoms with Gasteiger partial charge in [-0.3, -0.25) is 0 Å². The van der Waals surface area contributed by atoms with Gasteiger partial charge in [0.25, 0.3) is 0 Å². The molecular weight excluding hydrogens is 233 g/mol. The van der Waals surface area contributed by atoms with Gasteiger partial charge in [-0.05, 0) is 26.0 Å². The molecule has 0 unspecified atom stereocenters. The Bertz CT molecular complexity index is 551. The molecule has 2 rings (SSSR count). The van der Waals surface area contributed by atoms with Gasteiger partial charge in [0, 0.05) is 18.8 Å². The zero-order valence-corrected chi connectivity index (χ0v) is 10.7. The van der Waals surface area contributed by atoms with E-state index in [0.717, 1.165) is 12.2 Å². The first-order chi connectivity index (χ1) is 8.63. The fourth-order valence-corrected chi connectivity index (χ4v) is 1.74. The molecule has 0 spiro atoms. The number of aryl methyl sites for hydroxylation is 2. The minimum atomic E-state index is -0.334. The summed E-state index contributed by atoms with van der Waals surface area (Å²) in [5.41, 5.74) is 1.25. The molecule has 0 bridgehead atoms. The van der Waals surface area contributed by atoms with E-state index in [-0.39, 0.29) is 5.82 Å². The van der Waals surface area contributed by atoms with Gasteiger partial charge in [-0.15, -0.1) is 0 Å². The smallest absolute Gasteiger partial charge is 0.207 e. The van der Waals surface area contributed by atoms with Crippen molar-refractivity contribution >= 4 is 11.6 Å². The first-order valence-corrected chi connectivity index (χ1v) is 5.78. The van der Waals surface area contributed by atoms with Gasteiger partial charge in [0.2, 0.25) is 5.95 Å². The monoisotopic (exact) mass is 249 g/mol. The minimum absolute atomic E-state index is 0.334. The van der Waals surface area contributed by atoms with Gasteiger partial charge in [0.1, 0.15) is 11.6 Å². The lowest BCUT2D eigenvalue weighted by Gasteiger charge is -2.10. The van der Waals surface area contributed by atoms with E-state index < -0.39 is 0 Å². The molecule has 1 aromatic heterocycles. The second-order valence-corrected chi connectivity index (χ2v) is 3.96. The van der Waals surface area contributed by atoms with Gasteiger partial charge in [-0.1, -0.05) is 0 Å². The van der Waals surface area contributed by atoms with Crippen molar-refractivity contribution in [3.63, 3.8) is 0 Å². The SMILES string of the molecule is CCn1cc(C)nc1Nc1cc(OC)ccc1F. The zero-order valence-electron chi connectivity index (χ0n) is 10.7. The standard InChI is InChI=1S/C13H16FN3O/c1-4-17-8-9(2)15-13(17)16-12-7-10(18-3)5-6-11(12)14/h5-8H,4H2,1-3H3,(H,15,16). The van der Waals surface area contributed by atoms with Gasteiger partial charge in [0.05, 0.1) is 18.5 Å². The number of nitrogens with one attached hydrogen (secondary N) is 1. The molecule has 1 N–H and O–H groups in total. The van der Waals surface area contributed by atoms with Crippen LogP contribution in [0.15, 0.2) is 24.4 Å². The molecule has 0 aliphatic rings. The predicted molar refractivity (Wildman–Crippen MR) is 68.9 cm³/mol. The largest absolute Gasteiger partial charge is 0.497 e. The summed E-state index contributed by atoms with van der Waals surface area (Å²) in [6.45, 7) is 4.68. The molecule has 0 radical (unpaired) electrons. The highest BCUT2D eigenvalue weighted by Gasteiger charge is 2.09. The number of rotatable bonds is 4. The number of aromatic nitrogens is 2. The number of anilines is 2. The molecule has 1 aromatic carbocycles. The third-order valence-corrected chi connectivity index (χ3v) is 2.66. The van der Waals surface area contributed by atoms with E-state index in [9.17, 15) is 4.39 Å². The van der Waals surface area contributed by atoms with Crippen LogP contribution in [0.25, 0.3) is 0 Å². The fourth-order valence-electron chi connectivity index (χ4n) is 1.74. The molecule has 2 aromatic rings. The summed E-state index contributed by atoms with van der Waals surface area (Å²) in [5, 5.41) is 2.98. The van der Waals surface area contributed by atoms with E-state index in [0.29, 0.717) is 17.4 Å². The van der Waals surface area contributed by atoms with Crippen molar-refractivity contribution < 1.29 is 9.13 Å². The van der Waals surface area contributed by atoms with Crippen LogP contribution in [-0.4, -0.2) is 16.7 Å². The number of benzene rings is 1. The van der Waals surface area contributed by atoms with Crippen LogP contribution in [0.4, 0.5) is 16.0 Å². The first-order valence-electron chi connectivity index (χ1n) is 5.78. The second-order valence-electron chi connectivity index (χ2n) is 3.96. The van der Waals surface area contributed by atoms with Crippen LogP contribution < -0.4 is 10.1 Å². The summed E-state index contributed by atoms with van der Waals surface area (Å²) in [6.07, 6.45) is 1.92. The van der Waals surface area contributed by atoms with E-state index in [1.165, 1.54) is 6.07 Å². The van der Waals surface area contributed by atoms with Crippen LogP contribution in [0, 0.1) is 12.7 Å². The Kier molecular flexibility index (Phi) is 3.50. The Labute approximate surface area is 105 Å². The van der Waals surface area contributed by atoms with Crippen molar-refractivity contribution in [2.75, 3.05) is 12.4 Å². The van der Waals surface area contributed by atoms with Crippen LogP contribution in [0.3, 0.4) is 0 Å². The molecular formula is C13H16FN3O. The Hall–Kier alpha value is -2.04. The maximum Gasteiger partial charge on any atom is 0.207 e. The Morgan fingerprint density at radius 2 is 2.22 bits per heavy atom. The van der Waals surface area contributed by atoms with Gasteiger partial charge >= 0.3 is 0 Å². The van der Waals surface area contributed by atoms with Crippen molar-refractivity contribution in [2.45, 2.75) is 20.4 Å². The van der Waals surface area contributed by atoms with Crippen LogP contribution in [0.2, 0.25) is 0 Å². The molecule has 96 valence electrons. The van der Waals surface area contributed by atoms with Crippen molar-refractivity contribution in [3.05, 3.63) is 35.9 Å². The van der Waals surface area contributed by atoms with Crippen LogP contribution in [0.5, 0.6) is 5.75 Å². The van der Waals surface area contributed by atoms with E-state index in [1.807, 2.05) is 24.6 Å². The lowest BCUT2D eigenvalue weighted by atomic mass is 10.3. The second kappa shape index (κ2) is 5.08. The normalized spacial score (nSPS) is 10.4. The molecule has 0 fully saturated rings. The highest BCUT2D eigenvalue weighted by molar-refractivity contribution is 5.57. The number of nitrogens with zero attached hydrogens (tertiary/aromatic N) is 2. The Morgan fingerprint density at radius 1 is 1.44 bits per heavy atom. The quantitative estimate of drug-likeness (QED) is 0.905. The van der Waals surface area contributed by atoms with Gasteiger partial charge in [-0.2, -0.15) is 0 Å². The molecule has 0 amide bonds. The van der Waals surface area contributed by atoms with E-state index in [2.05, 4.69) is 10.3 Å². The number of hydrogen-bond donors (Lipinski definition) is 1. The number of halogens is 1. The average Bonchev–Trinajstić information content (AvgIpc) is 2.72. The molecule has 5 heteroatoms. The van der Waals surface area contributed by atoms with Crippen molar-refractivity contribution in [3.8, 4) is 5.75 Å². The van der Waals surface area contributed by atoms with Crippen molar-refractivity contribution in [1.82, 2.24) is 9.55 Å². The summed E-state index contributed by atoms with van der Waals surface area (Å²) in [6, 6.07) is 4.56. The summed E-state index contributed by atoms with van der Waals surface area (Å²) in [4.78, 5) is 4.32. The number of methoxy groups -OCH3 is 1. The molecule has 0 atom stereocenters. The summed E-state index contributed by atoms with van der Waals surface area (Å²) >= 11 is 0. The maximum absolute atomic E-state index is 13.7. The summed E-state index contributed by atoms with van der Waals surface area (Å²) in [7, 11) is 1.55. The number of hydrogen-bond acceptors (Lipinski definition) is 3. The van der Waals surface area contributed by atoms with Crippen LogP contribution in [0.1, 0.15) is 12.6 Å². The molecule has 0 saturated carbocycles. The lowest BCUT2D eigenvalue weighted by Crippen LogP contribution is -2.03. The number of imidazole rings is 1. The molecule has 18 heavy (non-hydrogen) atoms. The number of ether oxygens (including phenoxy) is 1.